The number of carbonyl (C=O) groups excluding carboxylic acids is 1. The number of anilines is 1. The van der Waals surface area contributed by atoms with Crippen molar-refractivity contribution in [3.8, 4) is 6.07 Å². The molecule has 0 radical (unpaired) electrons. The van der Waals surface area contributed by atoms with E-state index in [1.807, 2.05) is 43.3 Å². The molecule has 0 saturated carbocycles. The van der Waals surface area contributed by atoms with Gasteiger partial charge in [0.25, 0.3) is 5.91 Å². The van der Waals surface area contributed by atoms with Crippen molar-refractivity contribution in [1.29, 1.82) is 5.26 Å². The Labute approximate surface area is 170 Å². The fraction of sp³-hybridized carbons (Fsp3) is 0.261. The zero-order valence-electron chi connectivity index (χ0n) is 16.5. The van der Waals surface area contributed by atoms with Gasteiger partial charge in [0.1, 0.15) is 5.70 Å². The van der Waals surface area contributed by atoms with E-state index in [4.69, 9.17) is 0 Å². The van der Waals surface area contributed by atoms with Crippen LogP contribution in [0, 0.1) is 18.3 Å². The maximum Gasteiger partial charge on any atom is 0.283 e. The monoisotopic (exact) mass is 389 g/mol. The highest BCUT2D eigenvalue weighted by atomic mass is 32.2. The van der Waals surface area contributed by atoms with E-state index in [0.717, 1.165) is 16.8 Å². The number of nitriles is 1. The first-order chi connectivity index (χ1) is 13.4. The van der Waals surface area contributed by atoms with Gasteiger partial charge >= 0.3 is 0 Å². The molecule has 1 atom stereocenters. The summed E-state index contributed by atoms with van der Waals surface area (Å²) in [4.78, 5) is 19.2. The van der Waals surface area contributed by atoms with Crippen LogP contribution < -0.4 is 4.90 Å². The molecule has 1 aliphatic heterocycles. The van der Waals surface area contributed by atoms with Crippen LogP contribution in [-0.4, -0.2) is 16.3 Å². The van der Waals surface area contributed by atoms with E-state index < -0.39 is 0 Å². The molecule has 2 aromatic carbocycles. The van der Waals surface area contributed by atoms with Crippen molar-refractivity contribution >= 4 is 34.6 Å². The highest BCUT2D eigenvalue weighted by molar-refractivity contribution is 8.15. The molecule has 0 saturated heterocycles. The van der Waals surface area contributed by atoms with Crippen LogP contribution in [0.4, 0.5) is 5.69 Å². The molecule has 1 aliphatic rings. The van der Waals surface area contributed by atoms with Gasteiger partial charge in [-0.05, 0) is 49.1 Å². The Morgan fingerprint density at radius 1 is 1.07 bits per heavy atom. The normalized spacial score (nSPS) is 16.4. The number of benzene rings is 2. The third kappa shape index (κ3) is 4.35. The number of amides is 1. The summed E-state index contributed by atoms with van der Waals surface area (Å²) >= 11 is 1.29. The van der Waals surface area contributed by atoms with Crippen LogP contribution in [0.1, 0.15) is 43.4 Å². The van der Waals surface area contributed by atoms with E-state index in [1.165, 1.54) is 17.3 Å². The molecule has 3 rings (SSSR count). The summed E-state index contributed by atoms with van der Waals surface area (Å²) < 4.78 is 0. The van der Waals surface area contributed by atoms with Crippen LogP contribution in [0.3, 0.4) is 0 Å². The average Bonchev–Trinajstić information content (AvgIpc) is 2.97. The lowest BCUT2D eigenvalue weighted by atomic mass is 10.0. The van der Waals surface area contributed by atoms with Crippen molar-refractivity contribution in [3.05, 3.63) is 70.9 Å². The highest BCUT2D eigenvalue weighted by Gasteiger charge is 2.32. The molecule has 28 heavy (non-hydrogen) atoms. The van der Waals surface area contributed by atoms with Crippen LogP contribution in [0.25, 0.3) is 6.08 Å². The van der Waals surface area contributed by atoms with Crippen molar-refractivity contribution in [2.45, 2.75) is 38.9 Å². The summed E-state index contributed by atoms with van der Waals surface area (Å²) in [6.45, 7) is 8.11. The first-order valence-corrected chi connectivity index (χ1v) is 10.1. The maximum atomic E-state index is 13.1. The Bertz CT molecular complexity index is 966. The topological polar surface area (TPSA) is 56.5 Å². The average molecular weight is 390 g/mol. The molecule has 2 aromatic rings. The Morgan fingerprint density at radius 3 is 2.29 bits per heavy atom. The number of aliphatic imine (C=N–C) groups is 1. The largest absolute Gasteiger partial charge is 0.283 e. The van der Waals surface area contributed by atoms with Gasteiger partial charge < -0.3 is 0 Å². The van der Waals surface area contributed by atoms with Gasteiger partial charge in [-0.2, -0.15) is 5.26 Å². The number of carbonyl (C=O) groups is 1. The van der Waals surface area contributed by atoms with Crippen LogP contribution in [0.5, 0.6) is 0 Å². The minimum absolute atomic E-state index is 0.176. The van der Waals surface area contributed by atoms with E-state index in [1.54, 1.807) is 17.9 Å². The molecule has 142 valence electrons. The fourth-order valence-corrected chi connectivity index (χ4v) is 3.63. The maximum absolute atomic E-state index is 13.1. The van der Waals surface area contributed by atoms with Gasteiger partial charge in [-0.1, -0.05) is 67.6 Å². The summed E-state index contributed by atoms with van der Waals surface area (Å²) in [5.74, 6) is 0.282. The second kappa shape index (κ2) is 8.45. The third-order valence-electron chi connectivity index (χ3n) is 4.49. The van der Waals surface area contributed by atoms with E-state index in [2.05, 4.69) is 37.0 Å². The van der Waals surface area contributed by atoms with Crippen LogP contribution in [-0.2, 0) is 4.79 Å². The SMILES string of the molecule is Cc1ccc(N2C(=O)/C(=C/c3ccc(C(C)C)cc3)N=C2S[C@@H](C)C#N)cc1. The quantitative estimate of drug-likeness (QED) is 0.648. The number of hydrogen-bond donors (Lipinski definition) is 0. The first-order valence-electron chi connectivity index (χ1n) is 9.27. The Kier molecular flexibility index (Phi) is 6.01. The summed E-state index contributed by atoms with van der Waals surface area (Å²) in [7, 11) is 0. The smallest absolute Gasteiger partial charge is 0.266 e. The highest BCUT2D eigenvalue weighted by Crippen LogP contribution is 2.31. The lowest BCUT2D eigenvalue weighted by Crippen LogP contribution is -2.31. The van der Waals surface area contributed by atoms with E-state index >= 15 is 0 Å². The molecular weight excluding hydrogens is 366 g/mol. The minimum atomic E-state index is -0.302. The Balaban J connectivity index is 1.96. The van der Waals surface area contributed by atoms with E-state index in [0.29, 0.717) is 16.8 Å². The standard InChI is InChI=1S/C23H23N3OS/c1-15(2)19-9-7-18(8-10-19)13-21-22(27)26(20-11-5-16(3)6-12-20)23(25-21)28-17(4)14-24/h5-13,15,17H,1-4H3/b21-13-/t17-/m0/s1. The van der Waals surface area contributed by atoms with Crippen LogP contribution in [0.15, 0.2) is 59.2 Å². The summed E-state index contributed by atoms with van der Waals surface area (Å²) in [5, 5.41) is 9.42. The molecule has 0 fully saturated rings. The molecule has 0 bridgehead atoms. The summed E-state index contributed by atoms with van der Waals surface area (Å²) in [5.41, 5.74) is 4.44. The van der Waals surface area contributed by atoms with Crippen molar-refractivity contribution in [2.24, 2.45) is 4.99 Å². The summed E-state index contributed by atoms with van der Waals surface area (Å²) in [6.07, 6.45) is 1.80. The van der Waals surface area contributed by atoms with Gasteiger partial charge in [0.15, 0.2) is 5.17 Å². The van der Waals surface area contributed by atoms with Crippen molar-refractivity contribution in [3.63, 3.8) is 0 Å². The molecule has 1 amide bonds. The lowest BCUT2D eigenvalue weighted by molar-refractivity contribution is -0.113. The van der Waals surface area contributed by atoms with E-state index in [-0.39, 0.29) is 11.2 Å². The van der Waals surface area contributed by atoms with Gasteiger partial charge in [-0.3, -0.25) is 9.69 Å². The van der Waals surface area contributed by atoms with Crippen molar-refractivity contribution in [1.82, 2.24) is 0 Å². The molecule has 0 unspecified atom stereocenters. The van der Waals surface area contributed by atoms with Crippen LogP contribution >= 0.6 is 11.8 Å². The van der Waals surface area contributed by atoms with E-state index in [9.17, 15) is 10.1 Å². The predicted octanol–water partition coefficient (Wildman–Crippen LogP) is 5.51. The predicted molar refractivity (Wildman–Crippen MR) is 117 cm³/mol. The third-order valence-corrected chi connectivity index (χ3v) is 5.44. The zero-order valence-corrected chi connectivity index (χ0v) is 17.3. The second-order valence-electron chi connectivity index (χ2n) is 7.11. The fourth-order valence-electron chi connectivity index (χ4n) is 2.82. The zero-order chi connectivity index (χ0) is 20.3. The molecule has 0 aromatic heterocycles. The molecule has 0 N–H and O–H groups in total. The number of hydrogen-bond acceptors (Lipinski definition) is 4. The number of amidine groups is 1. The number of aryl methyl sites for hydroxylation is 1. The summed E-state index contributed by atoms with van der Waals surface area (Å²) in [6, 6.07) is 18.1. The Hall–Kier alpha value is -2.84. The first kappa shape index (κ1) is 19.9. The van der Waals surface area contributed by atoms with Gasteiger partial charge in [0.2, 0.25) is 0 Å². The lowest BCUT2D eigenvalue weighted by Gasteiger charge is -2.18. The van der Waals surface area contributed by atoms with Gasteiger partial charge in [0.05, 0.1) is 17.0 Å². The number of rotatable bonds is 4. The van der Waals surface area contributed by atoms with Crippen molar-refractivity contribution in [2.75, 3.05) is 4.90 Å². The molecular formula is C23H23N3OS. The Morgan fingerprint density at radius 2 is 1.71 bits per heavy atom. The number of thioether (sulfide) groups is 1. The molecule has 0 spiro atoms. The molecule has 4 nitrogen and oxygen atoms in total. The van der Waals surface area contributed by atoms with Gasteiger partial charge in [-0.25, -0.2) is 4.99 Å². The number of nitrogens with zero attached hydrogens (tertiary/aromatic N) is 3. The molecule has 0 aliphatic carbocycles. The second-order valence-corrected chi connectivity index (χ2v) is 8.42. The molecule has 1 heterocycles. The van der Waals surface area contributed by atoms with Crippen molar-refractivity contribution < 1.29 is 4.79 Å². The molecule has 5 heteroatoms. The minimum Gasteiger partial charge on any atom is -0.266 e. The van der Waals surface area contributed by atoms with Gasteiger partial charge in [-0.15, -0.1) is 0 Å². The van der Waals surface area contributed by atoms with Crippen LogP contribution in [0.2, 0.25) is 0 Å². The van der Waals surface area contributed by atoms with Gasteiger partial charge in [0, 0.05) is 0 Å².